The number of benzene rings is 1. The minimum atomic E-state index is -1.17. The Hall–Kier alpha value is -2.06. The maximum Gasteiger partial charge on any atom is 0.252 e. The lowest BCUT2D eigenvalue weighted by Gasteiger charge is -2.43. The Kier molecular flexibility index (Phi) is 5.72. The normalized spacial score (nSPS) is 20.5. The molecule has 1 aliphatic heterocycles. The van der Waals surface area contributed by atoms with Crippen LogP contribution in [0, 0.1) is 23.0 Å². The van der Waals surface area contributed by atoms with Crippen LogP contribution in [0.5, 0.6) is 0 Å². The van der Waals surface area contributed by atoms with E-state index in [9.17, 15) is 23.5 Å². The third-order valence-electron chi connectivity index (χ3n) is 6.13. The fraction of sp³-hybridized carbons (Fsp3) is 0.600. The Balaban J connectivity index is 1.63. The molecule has 28 heavy (non-hydrogen) atoms. The molecule has 1 aromatic carbocycles. The fourth-order valence-corrected chi connectivity index (χ4v) is 3.76. The molecule has 154 valence electrons. The summed E-state index contributed by atoms with van der Waals surface area (Å²) in [7, 11) is 0. The first-order chi connectivity index (χ1) is 13.2. The number of nitrogens with one attached hydrogen (secondary N) is 1. The van der Waals surface area contributed by atoms with Gasteiger partial charge in [-0.3, -0.25) is 9.59 Å². The highest BCUT2D eigenvalue weighted by atomic mass is 19.2. The summed E-state index contributed by atoms with van der Waals surface area (Å²) in [6.45, 7) is 3.91. The SMILES string of the molecule is CC(C)(C1CC1)[C@@H](O)C(=O)N1CC[C@H]1C(=O)NCc1c(CN)ccc(F)c1F. The lowest BCUT2D eigenvalue weighted by molar-refractivity contribution is -0.160. The number of halogens is 2. The smallest absolute Gasteiger partial charge is 0.252 e. The monoisotopic (exact) mass is 395 g/mol. The first-order valence-corrected chi connectivity index (χ1v) is 9.60. The molecule has 2 amide bonds. The molecule has 0 unspecified atom stereocenters. The molecule has 0 radical (unpaired) electrons. The minimum Gasteiger partial charge on any atom is -0.383 e. The Morgan fingerprint density at radius 2 is 2.00 bits per heavy atom. The maximum absolute atomic E-state index is 14.0. The van der Waals surface area contributed by atoms with Crippen LogP contribution in [0.25, 0.3) is 0 Å². The van der Waals surface area contributed by atoms with Crippen molar-refractivity contribution in [2.24, 2.45) is 17.1 Å². The quantitative estimate of drug-likeness (QED) is 0.651. The van der Waals surface area contributed by atoms with Gasteiger partial charge in [-0.25, -0.2) is 8.78 Å². The number of carbonyl (C=O) groups is 2. The summed E-state index contributed by atoms with van der Waals surface area (Å²) in [5, 5.41) is 13.1. The van der Waals surface area contributed by atoms with E-state index in [1.807, 2.05) is 13.8 Å². The van der Waals surface area contributed by atoms with Crippen LogP contribution in [0.3, 0.4) is 0 Å². The Morgan fingerprint density at radius 1 is 1.32 bits per heavy atom. The van der Waals surface area contributed by atoms with E-state index >= 15 is 0 Å². The van der Waals surface area contributed by atoms with Crippen molar-refractivity contribution in [2.75, 3.05) is 6.54 Å². The molecule has 3 rings (SSSR count). The number of carbonyl (C=O) groups excluding carboxylic acids is 2. The van der Waals surface area contributed by atoms with Crippen LogP contribution in [0.15, 0.2) is 12.1 Å². The van der Waals surface area contributed by atoms with Gasteiger partial charge in [-0.2, -0.15) is 0 Å². The second-order valence-electron chi connectivity index (χ2n) is 8.26. The van der Waals surface area contributed by atoms with Crippen LogP contribution in [-0.2, 0) is 22.7 Å². The van der Waals surface area contributed by atoms with Crippen LogP contribution in [0.2, 0.25) is 0 Å². The molecule has 1 aliphatic carbocycles. The second-order valence-corrected chi connectivity index (χ2v) is 8.26. The highest BCUT2D eigenvalue weighted by Gasteiger charge is 2.49. The molecule has 1 aromatic rings. The predicted molar refractivity (Wildman–Crippen MR) is 98.7 cm³/mol. The van der Waals surface area contributed by atoms with Crippen molar-refractivity contribution in [2.45, 2.75) is 58.3 Å². The van der Waals surface area contributed by atoms with Crippen LogP contribution in [0.1, 0.15) is 44.2 Å². The summed E-state index contributed by atoms with van der Waals surface area (Å²) in [5.74, 6) is -2.64. The summed E-state index contributed by atoms with van der Waals surface area (Å²) >= 11 is 0. The molecule has 0 bridgehead atoms. The molecule has 1 heterocycles. The lowest BCUT2D eigenvalue weighted by Crippen LogP contribution is -2.62. The number of rotatable bonds is 7. The number of aliphatic hydroxyl groups excluding tert-OH is 1. The number of hydrogen-bond acceptors (Lipinski definition) is 4. The van der Waals surface area contributed by atoms with Crippen molar-refractivity contribution in [3.05, 3.63) is 34.9 Å². The highest BCUT2D eigenvalue weighted by Crippen LogP contribution is 2.47. The van der Waals surface area contributed by atoms with Crippen LogP contribution >= 0.6 is 0 Å². The van der Waals surface area contributed by atoms with Crippen LogP contribution < -0.4 is 11.1 Å². The van der Waals surface area contributed by atoms with E-state index in [0.717, 1.165) is 18.9 Å². The molecular formula is C20H27F2N3O3. The van der Waals surface area contributed by atoms with Gasteiger partial charge in [0.15, 0.2) is 11.6 Å². The minimum absolute atomic E-state index is 0.00273. The number of likely N-dealkylation sites (tertiary alicyclic amines) is 1. The molecule has 4 N–H and O–H groups in total. The number of nitrogens with zero attached hydrogens (tertiary/aromatic N) is 1. The lowest BCUT2D eigenvalue weighted by atomic mass is 9.80. The van der Waals surface area contributed by atoms with Crippen molar-refractivity contribution >= 4 is 11.8 Å². The molecule has 0 spiro atoms. The van der Waals surface area contributed by atoms with E-state index < -0.39 is 41.0 Å². The van der Waals surface area contributed by atoms with Gasteiger partial charge in [0.2, 0.25) is 5.91 Å². The van der Waals surface area contributed by atoms with E-state index in [4.69, 9.17) is 5.73 Å². The van der Waals surface area contributed by atoms with Crippen molar-refractivity contribution < 1.29 is 23.5 Å². The zero-order chi connectivity index (χ0) is 20.6. The zero-order valence-electron chi connectivity index (χ0n) is 16.2. The molecule has 8 heteroatoms. The van der Waals surface area contributed by atoms with E-state index in [-0.39, 0.29) is 18.7 Å². The van der Waals surface area contributed by atoms with Crippen molar-refractivity contribution in [3.8, 4) is 0 Å². The van der Waals surface area contributed by atoms with E-state index in [1.54, 1.807) is 0 Å². The largest absolute Gasteiger partial charge is 0.383 e. The average Bonchev–Trinajstić information content (AvgIpc) is 3.46. The van der Waals surface area contributed by atoms with E-state index in [2.05, 4.69) is 5.32 Å². The van der Waals surface area contributed by atoms with E-state index in [1.165, 1.54) is 11.0 Å². The molecular weight excluding hydrogens is 368 g/mol. The average molecular weight is 395 g/mol. The van der Waals surface area contributed by atoms with Gasteiger partial charge in [0, 0.05) is 30.6 Å². The van der Waals surface area contributed by atoms with Crippen molar-refractivity contribution in [1.29, 1.82) is 0 Å². The van der Waals surface area contributed by atoms with Gasteiger partial charge in [-0.1, -0.05) is 19.9 Å². The highest BCUT2D eigenvalue weighted by molar-refractivity contribution is 5.91. The molecule has 6 nitrogen and oxygen atoms in total. The summed E-state index contributed by atoms with van der Waals surface area (Å²) in [6.07, 6.45) is 1.28. The predicted octanol–water partition coefficient (Wildman–Crippen LogP) is 1.44. The number of amides is 2. The molecule has 0 aromatic heterocycles. The third kappa shape index (κ3) is 3.75. The summed E-state index contributed by atoms with van der Waals surface area (Å²) < 4.78 is 27.5. The van der Waals surface area contributed by atoms with Gasteiger partial charge in [0.05, 0.1) is 0 Å². The molecule has 1 saturated carbocycles. The zero-order valence-corrected chi connectivity index (χ0v) is 16.2. The molecule has 2 aliphatic rings. The summed E-state index contributed by atoms with van der Waals surface area (Å²) in [4.78, 5) is 26.5. The van der Waals surface area contributed by atoms with Gasteiger partial charge < -0.3 is 21.1 Å². The van der Waals surface area contributed by atoms with Crippen molar-refractivity contribution in [3.63, 3.8) is 0 Å². The first-order valence-electron chi connectivity index (χ1n) is 9.60. The van der Waals surface area contributed by atoms with Gasteiger partial charge in [-0.05, 0) is 36.8 Å². The third-order valence-corrected chi connectivity index (χ3v) is 6.13. The molecule has 2 fully saturated rings. The van der Waals surface area contributed by atoms with Crippen LogP contribution in [-0.4, -0.2) is 40.5 Å². The van der Waals surface area contributed by atoms with Crippen LogP contribution in [0.4, 0.5) is 8.78 Å². The fourth-order valence-electron chi connectivity index (χ4n) is 3.76. The van der Waals surface area contributed by atoms with Gasteiger partial charge in [-0.15, -0.1) is 0 Å². The van der Waals surface area contributed by atoms with Gasteiger partial charge in [0.1, 0.15) is 12.1 Å². The van der Waals surface area contributed by atoms with Crippen molar-refractivity contribution in [1.82, 2.24) is 10.2 Å². The van der Waals surface area contributed by atoms with Gasteiger partial charge in [0.25, 0.3) is 5.91 Å². The maximum atomic E-state index is 14.0. The Labute approximate surface area is 163 Å². The Bertz CT molecular complexity index is 780. The summed E-state index contributed by atoms with van der Waals surface area (Å²) in [5.41, 5.74) is 5.43. The Morgan fingerprint density at radius 3 is 2.54 bits per heavy atom. The molecule has 2 atom stereocenters. The number of nitrogens with two attached hydrogens (primary N) is 1. The van der Waals surface area contributed by atoms with Gasteiger partial charge >= 0.3 is 0 Å². The summed E-state index contributed by atoms with van der Waals surface area (Å²) in [6, 6.07) is 1.67. The first kappa shape index (κ1) is 20.7. The standard InChI is InChI=1S/C20H27F2N3O3/c1-20(2,12-4-5-12)17(26)19(28)25-8-7-15(25)18(27)24-10-13-11(9-23)3-6-14(21)16(13)22/h3,6,12,15,17,26H,4-5,7-10,23H2,1-2H3,(H,24,27)/t15-,17-/m0/s1. The van der Waals surface area contributed by atoms with E-state index in [0.29, 0.717) is 24.4 Å². The molecule has 1 saturated heterocycles. The number of hydrogen-bond donors (Lipinski definition) is 3. The second kappa shape index (κ2) is 7.75. The number of aliphatic hydroxyl groups is 1. The topological polar surface area (TPSA) is 95.7 Å².